The monoisotopic (exact) mass is 390 g/mol. The Morgan fingerprint density at radius 2 is 2.00 bits per heavy atom. The first kappa shape index (κ1) is 17.6. The topological polar surface area (TPSA) is 59.9 Å². The molecule has 1 aliphatic rings. The van der Waals surface area contributed by atoms with Crippen molar-refractivity contribution in [2.75, 3.05) is 11.1 Å². The Bertz CT molecular complexity index is 967. The van der Waals surface area contributed by atoms with Gasteiger partial charge in [-0.05, 0) is 30.7 Å². The van der Waals surface area contributed by atoms with Crippen LogP contribution >= 0.6 is 11.8 Å². The Kier molecular flexibility index (Phi) is 4.61. The van der Waals surface area contributed by atoms with Crippen LogP contribution in [0.5, 0.6) is 5.75 Å². The van der Waals surface area contributed by atoms with Crippen LogP contribution in [0.2, 0.25) is 0 Å². The highest BCUT2D eigenvalue weighted by molar-refractivity contribution is 7.99. The number of benzene rings is 1. The summed E-state index contributed by atoms with van der Waals surface area (Å²) in [6.45, 7) is 0. The Balaban J connectivity index is 1.68. The zero-order valence-electron chi connectivity index (χ0n) is 13.8. The zero-order chi connectivity index (χ0) is 18.9. The quantitative estimate of drug-likeness (QED) is 0.644. The molecule has 0 bridgehead atoms. The first-order chi connectivity index (χ1) is 13.0. The first-order valence-corrected chi connectivity index (χ1v) is 9.03. The minimum atomic E-state index is -4.74. The molecule has 27 heavy (non-hydrogen) atoms. The van der Waals surface area contributed by atoms with E-state index in [4.69, 9.17) is 0 Å². The van der Waals surface area contributed by atoms with E-state index in [1.807, 2.05) is 6.07 Å². The van der Waals surface area contributed by atoms with Crippen molar-refractivity contribution in [1.29, 1.82) is 0 Å². The number of hydrogen-bond donors (Lipinski definition) is 1. The summed E-state index contributed by atoms with van der Waals surface area (Å²) in [5.41, 5.74) is 2.17. The Labute approximate surface area is 157 Å². The smallest absolute Gasteiger partial charge is 0.406 e. The predicted octanol–water partition coefficient (Wildman–Crippen LogP) is 4.83. The number of thioether (sulfide) groups is 1. The van der Waals surface area contributed by atoms with E-state index in [1.54, 1.807) is 36.3 Å². The van der Waals surface area contributed by atoms with E-state index in [9.17, 15) is 13.2 Å². The molecule has 0 atom stereocenters. The summed E-state index contributed by atoms with van der Waals surface area (Å²) < 4.78 is 41.3. The van der Waals surface area contributed by atoms with Crippen molar-refractivity contribution >= 4 is 23.3 Å². The maximum absolute atomic E-state index is 12.4. The molecule has 0 radical (unpaired) electrons. The molecule has 3 heterocycles. The summed E-state index contributed by atoms with van der Waals surface area (Å²) in [6.07, 6.45) is -0.618. The van der Waals surface area contributed by atoms with Gasteiger partial charge >= 0.3 is 6.36 Å². The van der Waals surface area contributed by atoms with Crippen molar-refractivity contribution in [3.63, 3.8) is 0 Å². The average molecular weight is 390 g/mol. The summed E-state index contributed by atoms with van der Waals surface area (Å²) in [6, 6.07) is 9.33. The van der Waals surface area contributed by atoms with Crippen molar-refractivity contribution in [2.45, 2.75) is 17.8 Å². The number of alkyl halides is 3. The summed E-state index contributed by atoms with van der Waals surface area (Å²) in [5.74, 6) is 1.68. The molecule has 9 heteroatoms. The van der Waals surface area contributed by atoms with Gasteiger partial charge in [0.2, 0.25) is 0 Å². The van der Waals surface area contributed by atoms with Gasteiger partial charge in [-0.2, -0.15) is 0 Å². The van der Waals surface area contributed by atoms with Gasteiger partial charge in [0.1, 0.15) is 16.6 Å². The minimum Gasteiger partial charge on any atom is -0.406 e. The number of nitrogens with zero attached hydrogens (tertiary/aromatic N) is 3. The number of ether oxygens (including phenoxy) is 1. The van der Waals surface area contributed by atoms with Crippen LogP contribution in [0.1, 0.15) is 5.56 Å². The molecule has 138 valence electrons. The number of nitrogens with one attached hydrogen (secondary N) is 1. The number of anilines is 2. The molecule has 3 aromatic rings. The first-order valence-electron chi connectivity index (χ1n) is 8.05. The molecule has 1 aromatic carbocycles. The van der Waals surface area contributed by atoms with E-state index in [-0.39, 0.29) is 5.75 Å². The van der Waals surface area contributed by atoms with Crippen LogP contribution in [-0.2, 0) is 6.42 Å². The third-order valence-corrected chi connectivity index (χ3v) is 4.83. The summed E-state index contributed by atoms with van der Waals surface area (Å²) >= 11 is 1.63. The average Bonchev–Trinajstić information content (AvgIpc) is 3.10. The summed E-state index contributed by atoms with van der Waals surface area (Å²) in [7, 11) is 0. The van der Waals surface area contributed by atoms with Crippen LogP contribution in [0, 0.1) is 0 Å². The highest BCUT2D eigenvalue weighted by Gasteiger charge is 2.31. The zero-order valence-corrected chi connectivity index (χ0v) is 14.6. The summed E-state index contributed by atoms with van der Waals surface area (Å²) in [4.78, 5) is 13.2. The normalized spacial score (nSPS) is 13.3. The van der Waals surface area contributed by atoms with Crippen LogP contribution in [0.4, 0.5) is 24.7 Å². The number of hydrogen-bond acceptors (Lipinski definition) is 6. The lowest BCUT2D eigenvalue weighted by molar-refractivity contribution is -0.274. The van der Waals surface area contributed by atoms with Crippen LogP contribution in [-0.4, -0.2) is 27.1 Å². The SMILES string of the molecule is FC(F)(F)Oc1cccc(Nc2nc(-c3cccnc3)nc3c2CCS3)c1. The van der Waals surface area contributed by atoms with E-state index in [0.29, 0.717) is 17.3 Å². The van der Waals surface area contributed by atoms with Crippen LogP contribution in [0.3, 0.4) is 0 Å². The van der Waals surface area contributed by atoms with Gasteiger partial charge in [0.15, 0.2) is 5.82 Å². The van der Waals surface area contributed by atoms with Gasteiger partial charge in [-0.3, -0.25) is 4.98 Å². The molecule has 1 aliphatic heterocycles. The largest absolute Gasteiger partial charge is 0.573 e. The summed E-state index contributed by atoms with van der Waals surface area (Å²) in [5, 5.41) is 3.98. The maximum atomic E-state index is 12.4. The van der Waals surface area contributed by atoms with E-state index in [0.717, 1.165) is 28.3 Å². The van der Waals surface area contributed by atoms with Crippen molar-refractivity contribution < 1.29 is 17.9 Å². The molecule has 1 N–H and O–H groups in total. The number of pyridine rings is 1. The van der Waals surface area contributed by atoms with Gasteiger partial charge < -0.3 is 10.1 Å². The lowest BCUT2D eigenvalue weighted by atomic mass is 10.2. The molecule has 0 saturated carbocycles. The number of fused-ring (bicyclic) bond motifs is 1. The fourth-order valence-corrected chi connectivity index (χ4v) is 3.72. The van der Waals surface area contributed by atoms with Gasteiger partial charge in [0, 0.05) is 41.0 Å². The number of rotatable bonds is 4. The highest BCUT2D eigenvalue weighted by Crippen LogP contribution is 2.37. The molecule has 5 nitrogen and oxygen atoms in total. The fourth-order valence-electron chi connectivity index (χ4n) is 2.69. The number of halogens is 3. The second kappa shape index (κ2) is 7.07. The van der Waals surface area contributed by atoms with Gasteiger partial charge in [-0.1, -0.05) is 6.07 Å². The Hall–Kier alpha value is -2.81. The molecule has 0 saturated heterocycles. The molecule has 0 fully saturated rings. The molecule has 0 amide bonds. The van der Waals surface area contributed by atoms with Gasteiger partial charge in [-0.15, -0.1) is 24.9 Å². The van der Waals surface area contributed by atoms with Crippen molar-refractivity contribution in [3.05, 3.63) is 54.4 Å². The minimum absolute atomic E-state index is 0.292. The second-order valence-corrected chi connectivity index (χ2v) is 6.80. The molecular formula is C18H13F3N4OS. The molecule has 0 unspecified atom stereocenters. The highest BCUT2D eigenvalue weighted by atomic mass is 32.2. The van der Waals surface area contributed by atoms with Crippen molar-refractivity contribution in [2.24, 2.45) is 0 Å². The van der Waals surface area contributed by atoms with Gasteiger partial charge in [0.25, 0.3) is 0 Å². The molecule has 4 rings (SSSR count). The third-order valence-electron chi connectivity index (χ3n) is 3.81. The van der Waals surface area contributed by atoms with Crippen LogP contribution < -0.4 is 10.1 Å². The van der Waals surface area contributed by atoms with Crippen molar-refractivity contribution in [3.8, 4) is 17.1 Å². The fraction of sp³-hybridized carbons (Fsp3) is 0.167. The standard InChI is InChI=1S/C18H13F3N4OS/c19-18(20,21)26-13-5-1-4-12(9-13)23-16-14-6-8-27-17(14)25-15(24-16)11-3-2-7-22-10-11/h1-5,7,9-10H,6,8H2,(H,23,24,25). The van der Waals surface area contributed by atoms with E-state index in [1.165, 1.54) is 18.2 Å². The lowest BCUT2D eigenvalue weighted by Crippen LogP contribution is -2.17. The lowest BCUT2D eigenvalue weighted by Gasteiger charge is -2.13. The Morgan fingerprint density at radius 3 is 2.78 bits per heavy atom. The molecule has 0 spiro atoms. The second-order valence-electron chi connectivity index (χ2n) is 5.72. The van der Waals surface area contributed by atoms with E-state index < -0.39 is 6.36 Å². The number of aromatic nitrogens is 3. The maximum Gasteiger partial charge on any atom is 0.573 e. The van der Waals surface area contributed by atoms with E-state index in [2.05, 4.69) is 25.0 Å². The molecular weight excluding hydrogens is 377 g/mol. The van der Waals surface area contributed by atoms with E-state index >= 15 is 0 Å². The van der Waals surface area contributed by atoms with Crippen LogP contribution in [0.15, 0.2) is 53.8 Å². The molecule has 0 aliphatic carbocycles. The van der Waals surface area contributed by atoms with Gasteiger partial charge in [0.05, 0.1) is 0 Å². The third kappa shape index (κ3) is 4.13. The molecule has 2 aromatic heterocycles. The predicted molar refractivity (Wildman–Crippen MR) is 96.1 cm³/mol. The van der Waals surface area contributed by atoms with Gasteiger partial charge in [-0.25, -0.2) is 9.97 Å². The van der Waals surface area contributed by atoms with Crippen LogP contribution in [0.25, 0.3) is 11.4 Å². The van der Waals surface area contributed by atoms with Crippen molar-refractivity contribution in [1.82, 2.24) is 15.0 Å². The Morgan fingerprint density at radius 1 is 1.11 bits per heavy atom.